The van der Waals surface area contributed by atoms with Crippen molar-refractivity contribution in [2.24, 2.45) is 0 Å². The van der Waals surface area contributed by atoms with Crippen LogP contribution in [0.1, 0.15) is 10.4 Å². The molecule has 1 amide bonds. The number of nitrogens with two attached hydrogens (primary N) is 1. The van der Waals surface area contributed by atoms with Gasteiger partial charge in [0, 0.05) is 26.2 Å². The number of rotatable bonds is 5. The lowest BCUT2D eigenvalue weighted by Gasteiger charge is -2.36. The van der Waals surface area contributed by atoms with E-state index in [4.69, 9.17) is 26.8 Å². The minimum absolute atomic E-state index is 0.227. The van der Waals surface area contributed by atoms with Crippen molar-refractivity contribution in [3.8, 4) is 5.75 Å². The monoisotopic (exact) mass is 403 g/mol. The first-order valence-corrected chi connectivity index (χ1v) is 9.25. The zero-order chi connectivity index (χ0) is 20.1. The maximum Gasteiger partial charge on any atom is 0.338 e. The third kappa shape index (κ3) is 4.48. The lowest BCUT2D eigenvalue weighted by Crippen LogP contribution is -2.50. The van der Waals surface area contributed by atoms with E-state index in [1.165, 1.54) is 18.2 Å². The molecule has 2 aromatic rings. The van der Waals surface area contributed by atoms with Gasteiger partial charge in [0.1, 0.15) is 5.75 Å². The molecule has 1 aliphatic rings. The predicted octanol–water partition coefficient (Wildman–Crippen LogP) is 2.44. The number of carbonyl (C=O) groups is 2. The van der Waals surface area contributed by atoms with Gasteiger partial charge in [-0.05, 0) is 30.3 Å². The second kappa shape index (κ2) is 8.84. The van der Waals surface area contributed by atoms with Gasteiger partial charge >= 0.3 is 5.97 Å². The molecule has 0 atom stereocenters. The molecule has 0 saturated carbocycles. The van der Waals surface area contributed by atoms with E-state index in [-0.39, 0.29) is 23.8 Å². The van der Waals surface area contributed by atoms with Crippen LogP contribution in [0.25, 0.3) is 0 Å². The van der Waals surface area contributed by atoms with E-state index in [0.717, 1.165) is 11.4 Å². The first kappa shape index (κ1) is 19.8. The molecule has 0 bridgehead atoms. The minimum atomic E-state index is -0.607. The number of anilines is 2. The molecular formula is C20H22ClN3O4. The summed E-state index contributed by atoms with van der Waals surface area (Å²) in [6.07, 6.45) is 0. The smallest absolute Gasteiger partial charge is 0.338 e. The molecule has 1 heterocycles. The fourth-order valence-corrected chi connectivity index (χ4v) is 3.18. The number of hydrogen-bond acceptors (Lipinski definition) is 6. The average molecular weight is 404 g/mol. The number of nitrogen functional groups attached to an aromatic ring is 1. The number of para-hydroxylation sites is 2. The van der Waals surface area contributed by atoms with E-state index in [9.17, 15) is 9.59 Å². The maximum absolute atomic E-state index is 12.4. The molecule has 1 aliphatic heterocycles. The molecule has 2 aromatic carbocycles. The summed E-state index contributed by atoms with van der Waals surface area (Å²) in [5.74, 6) is -0.0298. The number of carbonyl (C=O) groups excluding carboxylic acids is 2. The van der Waals surface area contributed by atoms with Crippen LogP contribution < -0.4 is 15.4 Å². The first-order chi connectivity index (χ1) is 13.5. The van der Waals surface area contributed by atoms with E-state index < -0.39 is 5.97 Å². The number of piperazine rings is 1. The molecule has 0 unspecified atom stereocenters. The molecule has 1 fully saturated rings. The van der Waals surface area contributed by atoms with Gasteiger partial charge in [-0.25, -0.2) is 4.79 Å². The number of ether oxygens (including phenoxy) is 2. The van der Waals surface area contributed by atoms with E-state index in [0.29, 0.717) is 31.2 Å². The predicted molar refractivity (Wildman–Crippen MR) is 108 cm³/mol. The van der Waals surface area contributed by atoms with Gasteiger partial charge in [0.25, 0.3) is 5.91 Å². The number of hydrogen-bond donors (Lipinski definition) is 1. The van der Waals surface area contributed by atoms with Gasteiger partial charge in [0.2, 0.25) is 0 Å². The van der Waals surface area contributed by atoms with Crippen molar-refractivity contribution in [2.75, 3.05) is 50.5 Å². The molecule has 7 nitrogen and oxygen atoms in total. The summed E-state index contributed by atoms with van der Waals surface area (Å²) in [7, 11) is 1.64. The van der Waals surface area contributed by atoms with Crippen LogP contribution in [0, 0.1) is 0 Å². The van der Waals surface area contributed by atoms with E-state index >= 15 is 0 Å². The van der Waals surface area contributed by atoms with Crippen molar-refractivity contribution in [3.63, 3.8) is 0 Å². The summed E-state index contributed by atoms with van der Waals surface area (Å²) in [6.45, 7) is 2.13. The van der Waals surface area contributed by atoms with Gasteiger partial charge in [-0.15, -0.1) is 0 Å². The fraction of sp³-hybridized carbons (Fsp3) is 0.300. The lowest BCUT2D eigenvalue weighted by atomic mass is 10.2. The van der Waals surface area contributed by atoms with Crippen molar-refractivity contribution in [1.29, 1.82) is 0 Å². The number of halogens is 1. The molecule has 1 saturated heterocycles. The first-order valence-electron chi connectivity index (χ1n) is 8.87. The lowest BCUT2D eigenvalue weighted by molar-refractivity contribution is -0.134. The topological polar surface area (TPSA) is 85.1 Å². The van der Waals surface area contributed by atoms with Gasteiger partial charge in [-0.2, -0.15) is 0 Å². The number of amides is 1. The molecule has 8 heteroatoms. The van der Waals surface area contributed by atoms with Gasteiger partial charge < -0.3 is 25.0 Å². The largest absolute Gasteiger partial charge is 0.495 e. The number of benzene rings is 2. The highest BCUT2D eigenvalue weighted by molar-refractivity contribution is 6.33. The molecule has 3 rings (SSSR count). The molecule has 0 spiro atoms. The maximum atomic E-state index is 12.4. The normalized spacial score (nSPS) is 13.9. The third-order valence-electron chi connectivity index (χ3n) is 4.62. The molecule has 148 valence electrons. The zero-order valence-electron chi connectivity index (χ0n) is 15.6. The molecule has 28 heavy (non-hydrogen) atoms. The standard InChI is InChI=1S/C20H22ClN3O4/c1-27-18-5-3-2-4-17(18)23-8-10-24(11-9-23)19(25)13-28-20(26)14-6-7-15(21)16(22)12-14/h2-7,12H,8-11,13,22H2,1H3. The number of nitrogens with zero attached hydrogens (tertiary/aromatic N) is 2. The molecular weight excluding hydrogens is 382 g/mol. The van der Waals surface area contributed by atoms with Gasteiger partial charge in [-0.3, -0.25) is 4.79 Å². The minimum Gasteiger partial charge on any atom is -0.495 e. The van der Waals surface area contributed by atoms with Crippen molar-refractivity contribution < 1.29 is 19.1 Å². The van der Waals surface area contributed by atoms with Crippen molar-refractivity contribution in [1.82, 2.24) is 4.90 Å². The van der Waals surface area contributed by atoms with E-state index in [1.54, 1.807) is 12.0 Å². The second-order valence-electron chi connectivity index (χ2n) is 6.35. The van der Waals surface area contributed by atoms with Gasteiger partial charge in [-0.1, -0.05) is 23.7 Å². The SMILES string of the molecule is COc1ccccc1N1CCN(C(=O)COC(=O)c2ccc(Cl)c(N)c2)CC1. The summed E-state index contributed by atoms with van der Waals surface area (Å²) in [4.78, 5) is 28.3. The van der Waals surface area contributed by atoms with Crippen LogP contribution in [0.3, 0.4) is 0 Å². The van der Waals surface area contributed by atoms with Crippen LogP contribution in [0.4, 0.5) is 11.4 Å². The Bertz CT molecular complexity index is 866. The van der Waals surface area contributed by atoms with Crippen molar-refractivity contribution in [2.45, 2.75) is 0 Å². The van der Waals surface area contributed by atoms with Crippen molar-refractivity contribution in [3.05, 3.63) is 53.1 Å². The Hall–Kier alpha value is -2.93. The van der Waals surface area contributed by atoms with Crippen LogP contribution in [-0.4, -0.2) is 56.7 Å². The highest BCUT2D eigenvalue weighted by Crippen LogP contribution is 2.28. The summed E-state index contributed by atoms with van der Waals surface area (Å²) in [5.41, 5.74) is 7.23. The van der Waals surface area contributed by atoms with Crippen LogP contribution in [-0.2, 0) is 9.53 Å². The molecule has 0 aromatic heterocycles. The van der Waals surface area contributed by atoms with E-state index in [1.807, 2.05) is 24.3 Å². The van der Waals surface area contributed by atoms with Gasteiger partial charge in [0.05, 0.1) is 29.1 Å². The molecule has 2 N–H and O–H groups in total. The summed E-state index contributed by atoms with van der Waals surface area (Å²) in [5, 5.41) is 0.362. The Morgan fingerprint density at radius 1 is 1.11 bits per heavy atom. The fourth-order valence-electron chi connectivity index (χ4n) is 3.06. The van der Waals surface area contributed by atoms with Gasteiger partial charge in [0.15, 0.2) is 6.61 Å². The van der Waals surface area contributed by atoms with Crippen LogP contribution >= 0.6 is 11.6 Å². The highest BCUT2D eigenvalue weighted by Gasteiger charge is 2.23. The average Bonchev–Trinajstić information content (AvgIpc) is 2.73. The number of esters is 1. The Balaban J connectivity index is 1.51. The van der Waals surface area contributed by atoms with Crippen molar-refractivity contribution >= 4 is 34.9 Å². The molecule has 0 radical (unpaired) electrons. The second-order valence-corrected chi connectivity index (χ2v) is 6.76. The Labute approximate surface area is 168 Å². The highest BCUT2D eigenvalue weighted by atomic mass is 35.5. The quantitative estimate of drug-likeness (QED) is 0.609. The summed E-state index contributed by atoms with van der Waals surface area (Å²) in [6, 6.07) is 12.2. The third-order valence-corrected chi connectivity index (χ3v) is 4.96. The number of methoxy groups -OCH3 is 1. The Kier molecular flexibility index (Phi) is 6.26. The molecule has 0 aliphatic carbocycles. The summed E-state index contributed by atoms with van der Waals surface area (Å²) >= 11 is 5.84. The van der Waals surface area contributed by atoms with Crippen LogP contribution in [0.5, 0.6) is 5.75 Å². The Morgan fingerprint density at radius 3 is 2.50 bits per heavy atom. The van der Waals surface area contributed by atoms with Crippen LogP contribution in [0.15, 0.2) is 42.5 Å². The Morgan fingerprint density at radius 2 is 1.82 bits per heavy atom. The zero-order valence-corrected chi connectivity index (χ0v) is 16.3. The summed E-state index contributed by atoms with van der Waals surface area (Å²) < 4.78 is 10.5. The van der Waals surface area contributed by atoms with E-state index in [2.05, 4.69) is 4.90 Å². The van der Waals surface area contributed by atoms with Crippen LogP contribution in [0.2, 0.25) is 5.02 Å².